The Hall–Kier alpha value is -3.29. The molecule has 0 bridgehead atoms. The lowest BCUT2D eigenvalue weighted by Gasteiger charge is -2.16. The van der Waals surface area contributed by atoms with Crippen LogP contribution in [0.2, 0.25) is 0 Å². The molecule has 3 aromatic rings. The number of nitrogens with one attached hydrogen (secondary N) is 1. The van der Waals surface area contributed by atoms with Gasteiger partial charge in [0.05, 0.1) is 11.3 Å². The molecule has 140 valence electrons. The van der Waals surface area contributed by atoms with Gasteiger partial charge in [-0.15, -0.1) is 0 Å². The van der Waals surface area contributed by atoms with E-state index in [2.05, 4.69) is 10.4 Å². The number of hydrogen-bond donors (Lipinski definition) is 1. The largest absolute Gasteiger partial charge is 0.481 e. The highest BCUT2D eigenvalue weighted by molar-refractivity contribution is 5.94. The fourth-order valence-electron chi connectivity index (χ4n) is 2.39. The molecule has 0 fully saturated rings. The highest BCUT2D eigenvalue weighted by atomic mass is 19.4. The summed E-state index contributed by atoms with van der Waals surface area (Å²) >= 11 is 0. The molecule has 8 heteroatoms. The van der Waals surface area contributed by atoms with Crippen molar-refractivity contribution < 1.29 is 22.7 Å². The molecule has 0 aliphatic rings. The zero-order chi connectivity index (χ0) is 19.4. The number of nitrogens with zero attached hydrogens (tertiary/aromatic N) is 2. The van der Waals surface area contributed by atoms with E-state index in [0.717, 1.165) is 17.8 Å². The Morgan fingerprint density at radius 3 is 2.63 bits per heavy atom. The van der Waals surface area contributed by atoms with E-state index in [4.69, 9.17) is 4.74 Å². The molecule has 0 saturated heterocycles. The number of carbonyl (C=O) groups excluding carboxylic acids is 1. The van der Waals surface area contributed by atoms with Gasteiger partial charge in [0.25, 0.3) is 5.91 Å². The second-order valence-corrected chi connectivity index (χ2v) is 5.78. The van der Waals surface area contributed by atoms with Crippen LogP contribution in [0, 0.1) is 0 Å². The van der Waals surface area contributed by atoms with Crippen molar-refractivity contribution in [2.75, 3.05) is 5.32 Å². The summed E-state index contributed by atoms with van der Waals surface area (Å²) in [5.74, 6) is -0.511. The Bertz CT molecular complexity index is 924. The first-order chi connectivity index (χ1) is 12.8. The number of rotatable bonds is 5. The number of halogens is 3. The molecule has 0 aliphatic heterocycles. The van der Waals surface area contributed by atoms with Crippen LogP contribution in [0.25, 0.3) is 5.69 Å². The topological polar surface area (TPSA) is 56.1 Å². The minimum Gasteiger partial charge on any atom is -0.481 e. The van der Waals surface area contributed by atoms with Crippen LogP contribution in [-0.2, 0) is 11.0 Å². The second-order valence-electron chi connectivity index (χ2n) is 5.78. The molecule has 1 N–H and O–H groups in total. The van der Waals surface area contributed by atoms with Crippen molar-refractivity contribution in [3.05, 3.63) is 72.6 Å². The van der Waals surface area contributed by atoms with Crippen LogP contribution in [0.4, 0.5) is 18.9 Å². The fourth-order valence-corrected chi connectivity index (χ4v) is 2.39. The first kappa shape index (κ1) is 18.5. The molecule has 3 rings (SSSR count). The van der Waals surface area contributed by atoms with E-state index in [1.54, 1.807) is 41.3 Å². The monoisotopic (exact) mass is 375 g/mol. The quantitative estimate of drug-likeness (QED) is 0.724. The maximum atomic E-state index is 12.8. The average Bonchev–Trinajstić information content (AvgIpc) is 3.16. The Labute approximate surface area is 153 Å². The molecule has 27 heavy (non-hydrogen) atoms. The maximum absolute atomic E-state index is 12.8. The van der Waals surface area contributed by atoms with Gasteiger partial charge < -0.3 is 10.1 Å². The Kier molecular flexibility index (Phi) is 5.16. The van der Waals surface area contributed by atoms with Gasteiger partial charge >= 0.3 is 6.18 Å². The molecule has 1 heterocycles. The lowest BCUT2D eigenvalue weighted by Crippen LogP contribution is -2.30. The third-order valence-electron chi connectivity index (χ3n) is 3.73. The molecule has 2 aromatic carbocycles. The van der Waals surface area contributed by atoms with Crippen molar-refractivity contribution >= 4 is 11.6 Å². The zero-order valence-corrected chi connectivity index (χ0v) is 14.3. The summed E-state index contributed by atoms with van der Waals surface area (Å²) in [6, 6.07) is 13.2. The summed E-state index contributed by atoms with van der Waals surface area (Å²) in [5.41, 5.74) is 0.441. The van der Waals surface area contributed by atoms with Gasteiger partial charge in [0.15, 0.2) is 6.10 Å². The number of anilines is 1. The van der Waals surface area contributed by atoms with Crippen molar-refractivity contribution in [2.24, 2.45) is 0 Å². The summed E-state index contributed by atoms with van der Waals surface area (Å²) in [4.78, 5) is 12.3. The van der Waals surface area contributed by atoms with E-state index in [1.165, 1.54) is 19.1 Å². The minimum absolute atomic E-state index is 0.0298. The number of aromatic nitrogens is 2. The smallest absolute Gasteiger partial charge is 0.416 e. The SMILES string of the molecule is C[C@H](Oc1cccc(C(F)(F)F)c1)C(=O)Nc1cccc(-n2cccn2)c1. The van der Waals surface area contributed by atoms with E-state index in [9.17, 15) is 18.0 Å². The van der Waals surface area contributed by atoms with Gasteiger partial charge in [-0.3, -0.25) is 4.79 Å². The number of carbonyl (C=O) groups is 1. The van der Waals surface area contributed by atoms with Crippen LogP contribution < -0.4 is 10.1 Å². The Morgan fingerprint density at radius 2 is 1.93 bits per heavy atom. The number of alkyl halides is 3. The molecule has 1 atom stereocenters. The lowest BCUT2D eigenvalue weighted by molar-refractivity contribution is -0.137. The molecule has 0 saturated carbocycles. The summed E-state index contributed by atoms with van der Waals surface area (Å²) in [6.07, 6.45) is -2.06. The highest BCUT2D eigenvalue weighted by Crippen LogP contribution is 2.31. The van der Waals surface area contributed by atoms with Crippen molar-refractivity contribution in [2.45, 2.75) is 19.2 Å². The normalized spacial score (nSPS) is 12.4. The summed E-state index contributed by atoms with van der Waals surface area (Å²) in [6.45, 7) is 1.47. The summed E-state index contributed by atoms with van der Waals surface area (Å²) in [7, 11) is 0. The molecular formula is C19H16F3N3O2. The van der Waals surface area contributed by atoms with Crippen molar-refractivity contribution in [3.8, 4) is 11.4 Å². The predicted octanol–water partition coefficient (Wildman–Crippen LogP) is 4.30. The second kappa shape index (κ2) is 7.53. The van der Waals surface area contributed by atoms with Gasteiger partial charge in [0, 0.05) is 18.1 Å². The van der Waals surface area contributed by atoms with Gasteiger partial charge in [-0.1, -0.05) is 12.1 Å². The zero-order valence-electron chi connectivity index (χ0n) is 14.3. The first-order valence-corrected chi connectivity index (χ1v) is 8.08. The van der Waals surface area contributed by atoms with E-state index in [0.29, 0.717) is 5.69 Å². The van der Waals surface area contributed by atoms with Crippen LogP contribution in [0.3, 0.4) is 0 Å². The molecule has 1 aromatic heterocycles. The molecule has 5 nitrogen and oxygen atoms in total. The number of amides is 1. The molecule has 0 radical (unpaired) electrons. The van der Waals surface area contributed by atoms with Crippen LogP contribution in [0.1, 0.15) is 12.5 Å². The molecule has 1 amide bonds. The molecular weight excluding hydrogens is 359 g/mol. The summed E-state index contributed by atoms with van der Waals surface area (Å²) < 4.78 is 45.3. The number of ether oxygens (including phenoxy) is 1. The van der Waals surface area contributed by atoms with E-state index < -0.39 is 23.8 Å². The molecule has 0 unspecified atom stereocenters. The van der Waals surface area contributed by atoms with E-state index in [-0.39, 0.29) is 5.75 Å². The Morgan fingerprint density at radius 1 is 1.15 bits per heavy atom. The van der Waals surface area contributed by atoms with Gasteiger partial charge in [-0.2, -0.15) is 18.3 Å². The van der Waals surface area contributed by atoms with Gasteiger partial charge in [0.2, 0.25) is 0 Å². The lowest BCUT2D eigenvalue weighted by atomic mass is 10.2. The number of hydrogen-bond acceptors (Lipinski definition) is 3. The van der Waals surface area contributed by atoms with Gasteiger partial charge in [-0.05, 0) is 49.4 Å². The Balaban J connectivity index is 1.67. The standard InChI is InChI=1S/C19H16F3N3O2/c1-13(27-17-8-2-5-14(11-17)19(20,21)22)18(26)24-15-6-3-7-16(12-15)25-10-4-9-23-25/h2-13H,1H3,(H,24,26)/t13-/m0/s1. The van der Waals surface area contributed by atoms with E-state index in [1.807, 2.05) is 6.07 Å². The third kappa shape index (κ3) is 4.66. The highest BCUT2D eigenvalue weighted by Gasteiger charge is 2.30. The van der Waals surface area contributed by atoms with Crippen molar-refractivity contribution in [3.63, 3.8) is 0 Å². The maximum Gasteiger partial charge on any atom is 0.416 e. The summed E-state index contributed by atoms with van der Waals surface area (Å²) in [5, 5.41) is 6.79. The van der Waals surface area contributed by atoms with Crippen molar-refractivity contribution in [1.82, 2.24) is 9.78 Å². The van der Waals surface area contributed by atoms with Crippen molar-refractivity contribution in [1.29, 1.82) is 0 Å². The molecule has 0 aliphatic carbocycles. The van der Waals surface area contributed by atoms with Crippen LogP contribution >= 0.6 is 0 Å². The average molecular weight is 375 g/mol. The third-order valence-corrected chi connectivity index (χ3v) is 3.73. The van der Waals surface area contributed by atoms with E-state index >= 15 is 0 Å². The molecule has 0 spiro atoms. The number of benzene rings is 2. The van der Waals surface area contributed by atoms with Gasteiger partial charge in [0.1, 0.15) is 5.75 Å². The fraction of sp³-hybridized carbons (Fsp3) is 0.158. The van der Waals surface area contributed by atoms with Crippen LogP contribution in [0.5, 0.6) is 5.75 Å². The minimum atomic E-state index is -4.47. The van der Waals surface area contributed by atoms with Crippen LogP contribution in [-0.4, -0.2) is 21.8 Å². The van der Waals surface area contributed by atoms with Crippen LogP contribution in [0.15, 0.2) is 67.0 Å². The first-order valence-electron chi connectivity index (χ1n) is 8.08. The predicted molar refractivity (Wildman–Crippen MR) is 93.7 cm³/mol. The van der Waals surface area contributed by atoms with Gasteiger partial charge in [-0.25, -0.2) is 4.68 Å².